The zero-order valence-electron chi connectivity index (χ0n) is 20.9. The fourth-order valence-electron chi connectivity index (χ4n) is 4.22. The summed E-state index contributed by atoms with van der Waals surface area (Å²) >= 11 is 3.46. The van der Waals surface area contributed by atoms with E-state index in [1.165, 1.54) is 33.0 Å². The lowest BCUT2D eigenvalue weighted by molar-refractivity contribution is 0.989. The number of halogens is 1. The van der Waals surface area contributed by atoms with Crippen molar-refractivity contribution in [3.63, 3.8) is 0 Å². The van der Waals surface area contributed by atoms with Gasteiger partial charge in [0.2, 0.25) is 0 Å². The lowest BCUT2D eigenvalue weighted by Gasteiger charge is -2.13. The Morgan fingerprint density at radius 3 is 1.86 bits per heavy atom. The molecule has 1 nitrogen and oxygen atoms in total. The molecule has 5 aromatic carbocycles. The van der Waals surface area contributed by atoms with Crippen molar-refractivity contribution in [3.05, 3.63) is 137 Å². The van der Waals surface area contributed by atoms with Gasteiger partial charge in [-0.1, -0.05) is 115 Å². The van der Waals surface area contributed by atoms with Crippen LogP contribution in [0.2, 0.25) is 0 Å². The minimum atomic E-state index is 1.09. The molecule has 0 radical (unpaired) electrons. The first kappa shape index (κ1) is 25.5. The number of allylic oxidation sites excluding steroid dienone is 1. The molecule has 180 valence electrons. The predicted molar refractivity (Wildman–Crippen MR) is 162 cm³/mol. The van der Waals surface area contributed by atoms with E-state index in [1.807, 2.05) is 38.1 Å². The maximum Gasteiger partial charge on any atom is 0.0390 e. The molecule has 0 saturated heterocycles. The van der Waals surface area contributed by atoms with Crippen molar-refractivity contribution in [1.29, 1.82) is 0 Å². The maximum atomic E-state index is 3.46. The highest BCUT2D eigenvalue weighted by Crippen LogP contribution is 2.29. The molecular weight excluding hydrogens is 502 g/mol. The molecule has 0 heterocycles. The molecule has 36 heavy (non-hydrogen) atoms. The summed E-state index contributed by atoms with van der Waals surface area (Å²) in [5.74, 6) is 0. The third-order valence-corrected chi connectivity index (χ3v) is 6.52. The van der Waals surface area contributed by atoms with Crippen molar-refractivity contribution in [2.24, 2.45) is 0 Å². The Morgan fingerprint density at radius 2 is 1.22 bits per heavy atom. The highest BCUT2D eigenvalue weighted by molar-refractivity contribution is 9.10. The van der Waals surface area contributed by atoms with Gasteiger partial charge >= 0.3 is 0 Å². The Morgan fingerprint density at radius 1 is 0.611 bits per heavy atom. The molecule has 2 heteroatoms. The van der Waals surface area contributed by atoms with Gasteiger partial charge in [-0.05, 0) is 88.3 Å². The van der Waals surface area contributed by atoms with Crippen LogP contribution in [0.1, 0.15) is 31.4 Å². The van der Waals surface area contributed by atoms with E-state index >= 15 is 0 Å². The third-order valence-electron chi connectivity index (χ3n) is 5.99. The van der Waals surface area contributed by atoms with Crippen LogP contribution in [0, 0.1) is 0 Å². The van der Waals surface area contributed by atoms with Gasteiger partial charge in [-0.25, -0.2) is 0 Å². The molecule has 0 amide bonds. The number of nitrogens with one attached hydrogen (secondary N) is 1. The second-order valence-corrected chi connectivity index (χ2v) is 9.33. The SMILES string of the molecule is Brc1ccc(Nc2ccc3cc4c(cc3c2)C=CCC4)cc1.CC.c1ccc(-c2ccccc2)cc1. The summed E-state index contributed by atoms with van der Waals surface area (Å²) < 4.78 is 1.09. The average molecular weight is 535 g/mol. The highest BCUT2D eigenvalue weighted by atomic mass is 79.9. The molecule has 1 N–H and O–H groups in total. The van der Waals surface area contributed by atoms with E-state index in [4.69, 9.17) is 0 Å². The number of hydrogen-bond acceptors (Lipinski definition) is 1. The first-order valence-electron chi connectivity index (χ1n) is 12.6. The number of benzene rings is 5. The normalized spacial score (nSPS) is 11.4. The van der Waals surface area contributed by atoms with Crippen LogP contribution in [0.3, 0.4) is 0 Å². The second-order valence-electron chi connectivity index (χ2n) is 8.42. The van der Waals surface area contributed by atoms with Gasteiger partial charge in [0, 0.05) is 15.8 Å². The van der Waals surface area contributed by atoms with Crippen LogP contribution in [0.15, 0.2) is 126 Å². The van der Waals surface area contributed by atoms with Crippen LogP contribution in [-0.2, 0) is 6.42 Å². The van der Waals surface area contributed by atoms with Crippen LogP contribution in [0.25, 0.3) is 28.0 Å². The third kappa shape index (κ3) is 6.74. The Bertz CT molecular complexity index is 1370. The molecule has 6 rings (SSSR count). The Kier molecular flexibility index (Phi) is 9.13. The van der Waals surface area contributed by atoms with E-state index in [-0.39, 0.29) is 0 Å². The summed E-state index contributed by atoms with van der Waals surface area (Å²) in [5.41, 5.74) is 7.59. The van der Waals surface area contributed by atoms with Gasteiger partial charge in [0.25, 0.3) is 0 Å². The first-order valence-corrected chi connectivity index (χ1v) is 13.4. The van der Waals surface area contributed by atoms with Crippen molar-refractivity contribution in [1.82, 2.24) is 0 Å². The molecule has 0 aliphatic heterocycles. The van der Waals surface area contributed by atoms with Crippen molar-refractivity contribution >= 4 is 44.2 Å². The molecule has 0 spiro atoms. The Balaban J connectivity index is 0.000000184. The second kappa shape index (κ2) is 12.9. The fraction of sp³-hybridized carbons (Fsp3) is 0.118. The number of hydrogen-bond donors (Lipinski definition) is 1. The molecule has 0 aromatic heterocycles. The van der Waals surface area contributed by atoms with E-state index in [0.29, 0.717) is 0 Å². The van der Waals surface area contributed by atoms with Crippen molar-refractivity contribution < 1.29 is 0 Å². The monoisotopic (exact) mass is 533 g/mol. The number of aryl methyl sites for hydroxylation is 1. The standard InChI is InChI=1S/C20H16BrN.C12H10.C2H6/c21-18-6-9-19(10-7-18)22-20-8-5-16-11-14-3-1-2-4-15(14)12-17(16)13-20;1-3-7-11(8-4-1)12-9-5-2-6-10-12;1-2/h2,4-13,22H,1,3H2;1-10H;1-2H3. The number of fused-ring (bicyclic) bond motifs is 2. The van der Waals surface area contributed by atoms with Crippen LogP contribution in [0.4, 0.5) is 11.4 Å². The summed E-state index contributed by atoms with van der Waals surface area (Å²) in [6.07, 6.45) is 6.81. The van der Waals surface area contributed by atoms with Crippen LogP contribution >= 0.6 is 15.9 Å². The Labute approximate surface area is 223 Å². The van der Waals surface area contributed by atoms with Gasteiger partial charge in [0.1, 0.15) is 0 Å². The largest absolute Gasteiger partial charge is 0.356 e. The molecule has 1 aliphatic rings. The van der Waals surface area contributed by atoms with E-state index in [0.717, 1.165) is 28.7 Å². The minimum absolute atomic E-state index is 1.09. The maximum absolute atomic E-state index is 3.46. The van der Waals surface area contributed by atoms with Gasteiger partial charge in [0.15, 0.2) is 0 Å². The number of anilines is 2. The average Bonchev–Trinajstić information content (AvgIpc) is 2.95. The Hall–Kier alpha value is -3.62. The molecule has 0 saturated carbocycles. The molecule has 0 bridgehead atoms. The summed E-state index contributed by atoms with van der Waals surface area (Å²) in [7, 11) is 0. The summed E-state index contributed by atoms with van der Waals surface area (Å²) in [6.45, 7) is 4.00. The van der Waals surface area contributed by atoms with Crippen molar-refractivity contribution in [2.75, 3.05) is 5.32 Å². The highest BCUT2D eigenvalue weighted by Gasteiger charge is 2.07. The zero-order chi connectivity index (χ0) is 25.2. The van der Waals surface area contributed by atoms with Crippen LogP contribution in [0.5, 0.6) is 0 Å². The summed E-state index contributed by atoms with van der Waals surface area (Å²) in [6, 6.07) is 40.2. The predicted octanol–water partition coefficient (Wildman–Crippen LogP) is 10.7. The summed E-state index contributed by atoms with van der Waals surface area (Å²) in [5, 5.41) is 6.06. The van der Waals surface area contributed by atoms with Crippen molar-refractivity contribution in [3.8, 4) is 11.1 Å². The minimum Gasteiger partial charge on any atom is -0.356 e. The molecule has 1 aliphatic carbocycles. The lowest BCUT2D eigenvalue weighted by atomic mass is 9.94. The van der Waals surface area contributed by atoms with Crippen LogP contribution < -0.4 is 5.32 Å². The first-order chi connectivity index (χ1) is 17.7. The smallest absolute Gasteiger partial charge is 0.0390 e. The zero-order valence-corrected chi connectivity index (χ0v) is 22.5. The van der Waals surface area contributed by atoms with Crippen molar-refractivity contribution in [2.45, 2.75) is 26.7 Å². The van der Waals surface area contributed by atoms with Gasteiger partial charge in [0.05, 0.1) is 0 Å². The van der Waals surface area contributed by atoms with Gasteiger partial charge in [-0.15, -0.1) is 0 Å². The van der Waals surface area contributed by atoms with Gasteiger partial charge < -0.3 is 5.32 Å². The van der Waals surface area contributed by atoms with E-state index in [2.05, 4.69) is 124 Å². The van der Waals surface area contributed by atoms with Crippen LogP contribution in [-0.4, -0.2) is 0 Å². The summed E-state index contributed by atoms with van der Waals surface area (Å²) in [4.78, 5) is 0. The molecule has 0 fully saturated rings. The van der Waals surface area contributed by atoms with E-state index in [9.17, 15) is 0 Å². The number of rotatable bonds is 3. The van der Waals surface area contributed by atoms with E-state index in [1.54, 1.807) is 0 Å². The fourth-order valence-corrected chi connectivity index (χ4v) is 4.49. The van der Waals surface area contributed by atoms with Gasteiger partial charge in [-0.3, -0.25) is 0 Å². The van der Waals surface area contributed by atoms with E-state index < -0.39 is 0 Å². The molecule has 0 atom stereocenters. The molecule has 5 aromatic rings. The quantitative estimate of drug-likeness (QED) is 0.243. The molecule has 0 unspecified atom stereocenters. The van der Waals surface area contributed by atoms with Gasteiger partial charge in [-0.2, -0.15) is 0 Å². The topological polar surface area (TPSA) is 12.0 Å². The molecular formula is C34H32BrN. The lowest BCUT2D eigenvalue weighted by Crippen LogP contribution is -1.95.